The Kier molecular flexibility index (Phi) is 4.84. The molecule has 0 saturated carbocycles. The van der Waals surface area contributed by atoms with Gasteiger partial charge in [0.2, 0.25) is 6.41 Å². The van der Waals surface area contributed by atoms with Gasteiger partial charge in [-0.3, -0.25) is 14.9 Å². The van der Waals surface area contributed by atoms with Gasteiger partial charge in [-0.1, -0.05) is 0 Å². The number of fused-ring (bicyclic) bond motifs is 2. The van der Waals surface area contributed by atoms with Crippen LogP contribution in [0.15, 0.2) is 24.8 Å². The van der Waals surface area contributed by atoms with Gasteiger partial charge in [0.25, 0.3) is 0 Å². The van der Waals surface area contributed by atoms with Crippen molar-refractivity contribution in [2.75, 3.05) is 23.8 Å². The number of aromatic nitrogens is 5. The van der Waals surface area contributed by atoms with Crippen LogP contribution in [0.5, 0.6) is 0 Å². The SMILES string of the molecule is Cc1c(F)c(NC(C)(CO)CO)c2[nH]ncc2c1-c1cn2cc(NC=O)nc2cn1. The number of nitrogens with zero attached hydrogens (tertiary/aromatic N) is 4. The van der Waals surface area contributed by atoms with E-state index in [9.17, 15) is 15.0 Å². The van der Waals surface area contributed by atoms with E-state index in [1.165, 1.54) is 6.20 Å². The van der Waals surface area contributed by atoms with Crippen LogP contribution in [0.2, 0.25) is 0 Å². The molecule has 30 heavy (non-hydrogen) atoms. The molecule has 0 aliphatic heterocycles. The van der Waals surface area contributed by atoms with Gasteiger partial charge in [-0.2, -0.15) is 5.10 Å². The summed E-state index contributed by atoms with van der Waals surface area (Å²) in [6.07, 6.45) is 6.93. The molecule has 0 unspecified atom stereocenters. The molecule has 11 heteroatoms. The van der Waals surface area contributed by atoms with Crippen LogP contribution < -0.4 is 10.6 Å². The van der Waals surface area contributed by atoms with Crippen LogP contribution in [0, 0.1) is 12.7 Å². The molecular weight excluding hydrogens is 393 g/mol. The second kappa shape index (κ2) is 7.35. The molecule has 5 N–H and O–H groups in total. The molecule has 156 valence electrons. The Balaban J connectivity index is 1.89. The molecule has 0 radical (unpaired) electrons. The molecule has 3 heterocycles. The van der Waals surface area contributed by atoms with Crippen molar-refractivity contribution in [3.63, 3.8) is 0 Å². The Morgan fingerprint density at radius 2 is 2.07 bits per heavy atom. The van der Waals surface area contributed by atoms with Crippen LogP contribution in [0.3, 0.4) is 0 Å². The molecule has 0 bridgehead atoms. The highest BCUT2D eigenvalue weighted by Crippen LogP contribution is 2.38. The van der Waals surface area contributed by atoms with Crippen LogP contribution in [-0.2, 0) is 4.79 Å². The minimum atomic E-state index is -1.12. The molecule has 0 atom stereocenters. The van der Waals surface area contributed by atoms with E-state index in [-0.39, 0.29) is 5.69 Å². The number of nitrogens with one attached hydrogen (secondary N) is 3. The number of carbonyl (C=O) groups is 1. The van der Waals surface area contributed by atoms with Crippen molar-refractivity contribution in [3.05, 3.63) is 36.2 Å². The van der Waals surface area contributed by atoms with Gasteiger partial charge in [-0.05, 0) is 19.4 Å². The normalized spacial score (nSPS) is 11.9. The van der Waals surface area contributed by atoms with Gasteiger partial charge in [0.05, 0.1) is 54.2 Å². The molecule has 1 amide bonds. The van der Waals surface area contributed by atoms with Crippen LogP contribution >= 0.6 is 0 Å². The Hall–Kier alpha value is -3.57. The fraction of sp³-hybridized carbons (Fsp3) is 0.263. The summed E-state index contributed by atoms with van der Waals surface area (Å²) in [4.78, 5) is 19.3. The monoisotopic (exact) mass is 413 g/mol. The Labute approximate surface area is 169 Å². The summed E-state index contributed by atoms with van der Waals surface area (Å²) in [5.41, 5.74) is 1.24. The Morgan fingerprint density at radius 3 is 2.77 bits per heavy atom. The summed E-state index contributed by atoms with van der Waals surface area (Å²) in [7, 11) is 0. The number of carbonyl (C=O) groups excluding carboxylic acids is 1. The summed E-state index contributed by atoms with van der Waals surface area (Å²) in [6.45, 7) is 2.42. The van der Waals surface area contributed by atoms with E-state index < -0.39 is 24.6 Å². The topological polar surface area (TPSA) is 140 Å². The van der Waals surface area contributed by atoms with E-state index in [1.54, 1.807) is 36.8 Å². The fourth-order valence-electron chi connectivity index (χ4n) is 3.31. The lowest BCUT2D eigenvalue weighted by Gasteiger charge is -2.28. The lowest BCUT2D eigenvalue weighted by Crippen LogP contribution is -2.43. The zero-order valence-corrected chi connectivity index (χ0v) is 16.3. The number of aliphatic hydroxyl groups excluding tert-OH is 2. The lowest BCUT2D eigenvalue weighted by atomic mass is 9.97. The first-order valence-electron chi connectivity index (χ1n) is 9.11. The number of benzene rings is 1. The quantitative estimate of drug-likeness (QED) is 0.289. The van der Waals surface area contributed by atoms with Crippen LogP contribution in [0.1, 0.15) is 12.5 Å². The largest absolute Gasteiger partial charge is 0.394 e. The number of H-pyrrole nitrogens is 1. The summed E-state index contributed by atoms with van der Waals surface area (Å²) in [5, 5.41) is 32.0. The minimum absolute atomic E-state index is 0.107. The second-order valence-corrected chi connectivity index (χ2v) is 7.28. The number of hydrogen-bond donors (Lipinski definition) is 5. The maximum absolute atomic E-state index is 15.4. The standard InChI is InChI=1S/C19H20FN7O3/c1-10-15(12-5-27-6-13(22-9-30)24-14(27)4-21-12)11-3-23-26-17(11)18(16(10)20)25-19(2,7-28)8-29/h3-6,9,25,28-29H,7-8H2,1-2H3,(H,22,30)(H,23,26). The van der Waals surface area contributed by atoms with Crippen molar-refractivity contribution in [1.29, 1.82) is 0 Å². The fourth-order valence-corrected chi connectivity index (χ4v) is 3.31. The highest BCUT2D eigenvalue weighted by atomic mass is 19.1. The third-order valence-corrected chi connectivity index (χ3v) is 5.01. The van der Waals surface area contributed by atoms with Gasteiger partial charge in [0.15, 0.2) is 17.3 Å². The highest BCUT2D eigenvalue weighted by Gasteiger charge is 2.28. The van der Waals surface area contributed by atoms with Gasteiger partial charge < -0.3 is 25.2 Å². The average molecular weight is 413 g/mol. The molecule has 0 saturated heterocycles. The lowest BCUT2D eigenvalue weighted by molar-refractivity contribution is -0.105. The molecule has 0 spiro atoms. The van der Waals surface area contributed by atoms with Gasteiger partial charge in [0, 0.05) is 17.1 Å². The minimum Gasteiger partial charge on any atom is -0.394 e. The highest BCUT2D eigenvalue weighted by molar-refractivity contribution is 6.02. The molecule has 0 fully saturated rings. The van der Waals surface area contributed by atoms with Crippen molar-refractivity contribution in [2.24, 2.45) is 0 Å². The summed E-state index contributed by atoms with van der Waals surface area (Å²) < 4.78 is 17.1. The molecular formula is C19H20FN7O3. The van der Waals surface area contributed by atoms with E-state index in [0.717, 1.165) is 0 Å². The first kappa shape index (κ1) is 19.7. The maximum atomic E-state index is 15.4. The van der Waals surface area contributed by atoms with Crippen molar-refractivity contribution >= 4 is 34.5 Å². The molecule has 4 aromatic rings. The third kappa shape index (κ3) is 3.13. The van der Waals surface area contributed by atoms with Gasteiger partial charge in [-0.15, -0.1) is 0 Å². The van der Waals surface area contributed by atoms with Crippen LogP contribution in [0.4, 0.5) is 15.9 Å². The van der Waals surface area contributed by atoms with Crippen molar-refractivity contribution in [1.82, 2.24) is 24.6 Å². The molecule has 4 rings (SSSR count). The smallest absolute Gasteiger partial charge is 0.212 e. The molecule has 0 aliphatic rings. The van der Waals surface area contributed by atoms with Crippen molar-refractivity contribution in [2.45, 2.75) is 19.4 Å². The first-order chi connectivity index (χ1) is 14.4. The second-order valence-electron chi connectivity index (χ2n) is 7.28. The van der Waals surface area contributed by atoms with E-state index in [1.807, 2.05) is 0 Å². The van der Waals surface area contributed by atoms with Crippen LogP contribution in [0.25, 0.3) is 27.8 Å². The molecule has 10 nitrogen and oxygen atoms in total. The Bertz CT molecular complexity index is 1250. The number of halogens is 1. The van der Waals surface area contributed by atoms with E-state index in [0.29, 0.717) is 45.6 Å². The summed E-state index contributed by atoms with van der Waals surface area (Å²) in [6, 6.07) is 0. The number of imidazole rings is 1. The average Bonchev–Trinajstić information content (AvgIpc) is 3.38. The molecule has 1 aromatic carbocycles. The zero-order chi connectivity index (χ0) is 21.5. The number of rotatable bonds is 7. The number of aromatic amines is 1. The maximum Gasteiger partial charge on any atom is 0.212 e. The van der Waals surface area contributed by atoms with E-state index >= 15 is 4.39 Å². The third-order valence-electron chi connectivity index (χ3n) is 5.01. The first-order valence-corrected chi connectivity index (χ1v) is 9.11. The van der Waals surface area contributed by atoms with Gasteiger partial charge >= 0.3 is 0 Å². The molecule has 0 aliphatic carbocycles. The predicted molar refractivity (Wildman–Crippen MR) is 109 cm³/mol. The molecule has 3 aromatic heterocycles. The van der Waals surface area contributed by atoms with Crippen LogP contribution in [-0.4, -0.2) is 59.9 Å². The number of aliphatic hydroxyl groups is 2. The Morgan fingerprint density at radius 1 is 1.30 bits per heavy atom. The van der Waals surface area contributed by atoms with Crippen molar-refractivity contribution in [3.8, 4) is 11.3 Å². The van der Waals surface area contributed by atoms with Crippen molar-refractivity contribution < 1.29 is 19.4 Å². The number of amides is 1. The van der Waals surface area contributed by atoms with E-state index in [2.05, 4.69) is 30.8 Å². The van der Waals surface area contributed by atoms with Gasteiger partial charge in [-0.25, -0.2) is 9.37 Å². The zero-order valence-electron chi connectivity index (χ0n) is 16.3. The number of hydrogen-bond acceptors (Lipinski definition) is 7. The predicted octanol–water partition coefficient (Wildman–Crippen LogP) is 1.44. The summed E-state index contributed by atoms with van der Waals surface area (Å²) >= 11 is 0. The summed E-state index contributed by atoms with van der Waals surface area (Å²) in [5.74, 6) is -0.183. The van der Waals surface area contributed by atoms with Gasteiger partial charge in [0.1, 0.15) is 0 Å². The van der Waals surface area contributed by atoms with E-state index in [4.69, 9.17) is 0 Å². The number of anilines is 2.